The van der Waals surface area contributed by atoms with E-state index in [0.29, 0.717) is 34.5 Å². The smallest absolute Gasteiger partial charge is 0.207 e. The molecule has 0 radical (unpaired) electrons. The summed E-state index contributed by atoms with van der Waals surface area (Å²) in [4.78, 5) is 22.5. The molecular weight excluding hydrogens is 335 g/mol. The summed E-state index contributed by atoms with van der Waals surface area (Å²) in [6.07, 6.45) is 5.77. The monoisotopic (exact) mass is 350 g/mol. The normalized spacial score (nSPS) is 11.0. The summed E-state index contributed by atoms with van der Waals surface area (Å²) < 4.78 is 16.0. The molecule has 0 aliphatic rings. The van der Waals surface area contributed by atoms with Crippen LogP contribution in [0.4, 0.5) is 4.39 Å². The number of aromatic nitrogens is 5. The first-order valence-electron chi connectivity index (χ1n) is 7.95. The number of carbonyl (C=O) groups is 1. The van der Waals surface area contributed by atoms with Gasteiger partial charge in [-0.25, -0.2) is 14.4 Å². The fourth-order valence-corrected chi connectivity index (χ4v) is 2.83. The van der Waals surface area contributed by atoms with E-state index in [2.05, 4.69) is 25.4 Å². The van der Waals surface area contributed by atoms with Gasteiger partial charge in [-0.3, -0.25) is 9.48 Å². The van der Waals surface area contributed by atoms with Crippen molar-refractivity contribution in [1.29, 1.82) is 0 Å². The number of nitrogens with zero attached hydrogens (tertiary/aromatic N) is 4. The lowest BCUT2D eigenvalue weighted by Crippen LogP contribution is -2.11. The number of benzene rings is 1. The van der Waals surface area contributed by atoms with Crippen LogP contribution in [0.5, 0.6) is 0 Å². The van der Waals surface area contributed by atoms with Crippen LogP contribution in [0.1, 0.15) is 5.56 Å². The molecule has 0 aliphatic carbocycles. The number of aryl methyl sites for hydroxylation is 1. The molecule has 0 unspecified atom stereocenters. The molecule has 7 nitrogen and oxygen atoms in total. The zero-order valence-corrected chi connectivity index (χ0v) is 13.9. The number of pyridine rings is 1. The Labute approximate surface area is 147 Å². The van der Waals surface area contributed by atoms with Crippen molar-refractivity contribution in [3.05, 3.63) is 54.2 Å². The molecule has 1 aromatic carbocycles. The maximum atomic E-state index is 14.3. The highest BCUT2D eigenvalue weighted by molar-refractivity contribution is 5.91. The van der Waals surface area contributed by atoms with Gasteiger partial charge in [0.15, 0.2) is 5.65 Å². The highest BCUT2D eigenvalue weighted by Crippen LogP contribution is 2.29. The minimum absolute atomic E-state index is 0.148. The third-order valence-corrected chi connectivity index (χ3v) is 4.10. The summed E-state index contributed by atoms with van der Waals surface area (Å²) in [5.41, 5.74) is 4.00. The van der Waals surface area contributed by atoms with Gasteiger partial charge >= 0.3 is 0 Å². The van der Waals surface area contributed by atoms with Crippen LogP contribution in [0, 0.1) is 5.82 Å². The fraction of sp³-hybridized carbons (Fsp3) is 0.111. The second-order valence-electron chi connectivity index (χ2n) is 5.85. The van der Waals surface area contributed by atoms with E-state index in [0.717, 1.165) is 11.1 Å². The quantitative estimate of drug-likeness (QED) is 0.541. The molecule has 0 atom stereocenters. The lowest BCUT2D eigenvalue weighted by molar-refractivity contribution is -0.109. The number of carbonyl (C=O) groups excluding carboxylic acids is 1. The first kappa shape index (κ1) is 15.9. The maximum absolute atomic E-state index is 14.3. The van der Waals surface area contributed by atoms with Gasteiger partial charge in [0.05, 0.1) is 11.8 Å². The van der Waals surface area contributed by atoms with Crippen LogP contribution in [-0.4, -0.2) is 31.1 Å². The number of amides is 1. The first-order valence-corrected chi connectivity index (χ1v) is 7.95. The molecule has 0 aliphatic heterocycles. The second kappa shape index (κ2) is 6.40. The Morgan fingerprint density at radius 1 is 1.31 bits per heavy atom. The van der Waals surface area contributed by atoms with E-state index in [1.165, 1.54) is 6.07 Å². The molecule has 3 heterocycles. The summed E-state index contributed by atoms with van der Waals surface area (Å²) in [6, 6.07) is 6.70. The molecule has 3 aromatic heterocycles. The van der Waals surface area contributed by atoms with Crippen molar-refractivity contribution in [3.8, 4) is 22.5 Å². The number of fused-ring (bicyclic) bond motifs is 1. The zero-order valence-electron chi connectivity index (χ0n) is 13.9. The minimum Gasteiger partial charge on any atom is -0.354 e. The van der Waals surface area contributed by atoms with E-state index in [-0.39, 0.29) is 12.4 Å². The number of rotatable bonds is 5. The van der Waals surface area contributed by atoms with Crippen molar-refractivity contribution in [2.75, 3.05) is 0 Å². The van der Waals surface area contributed by atoms with Gasteiger partial charge in [0.25, 0.3) is 0 Å². The molecule has 4 rings (SSSR count). The molecule has 4 aromatic rings. The van der Waals surface area contributed by atoms with E-state index in [4.69, 9.17) is 0 Å². The van der Waals surface area contributed by atoms with Gasteiger partial charge < -0.3 is 10.3 Å². The van der Waals surface area contributed by atoms with Crippen LogP contribution in [0.2, 0.25) is 0 Å². The predicted molar refractivity (Wildman–Crippen MR) is 94.4 cm³/mol. The standard InChI is InChI=1S/C18H15FN6O/c1-25-9-13(8-22-25)17-23-16-14(4-5-21-18(16)24-17)11-2-3-12(7-20-10-26)15(19)6-11/h2-6,8-10H,7H2,1H3,(H,20,26)(H,21,23,24). The van der Waals surface area contributed by atoms with Gasteiger partial charge in [0, 0.05) is 37.1 Å². The molecule has 8 heteroatoms. The third kappa shape index (κ3) is 2.81. The fourth-order valence-electron chi connectivity index (χ4n) is 2.83. The average molecular weight is 350 g/mol. The molecule has 26 heavy (non-hydrogen) atoms. The van der Waals surface area contributed by atoms with Crippen molar-refractivity contribution >= 4 is 17.6 Å². The molecule has 0 spiro atoms. The number of nitrogens with one attached hydrogen (secondary N) is 2. The van der Waals surface area contributed by atoms with Gasteiger partial charge in [0.2, 0.25) is 6.41 Å². The van der Waals surface area contributed by atoms with Gasteiger partial charge in [-0.2, -0.15) is 5.10 Å². The lowest BCUT2D eigenvalue weighted by Gasteiger charge is -2.06. The number of H-pyrrole nitrogens is 1. The predicted octanol–water partition coefficient (Wildman–Crippen LogP) is 2.41. The van der Waals surface area contributed by atoms with Gasteiger partial charge in [-0.15, -0.1) is 0 Å². The van der Waals surface area contributed by atoms with E-state index in [1.54, 1.807) is 35.3 Å². The average Bonchev–Trinajstić information content (AvgIpc) is 3.26. The van der Waals surface area contributed by atoms with E-state index in [9.17, 15) is 9.18 Å². The number of hydrogen-bond acceptors (Lipinski definition) is 4. The molecule has 0 bridgehead atoms. The van der Waals surface area contributed by atoms with E-state index in [1.807, 2.05) is 13.2 Å². The number of halogens is 1. The number of hydrogen-bond donors (Lipinski definition) is 2. The van der Waals surface area contributed by atoms with Crippen molar-refractivity contribution in [2.45, 2.75) is 6.54 Å². The summed E-state index contributed by atoms with van der Waals surface area (Å²) in [5.74, 6) is 0.269. The Kier molecular flexibility index (Phi) is 3.92. The minimum atomic E-state index is -0.384. The Morgan fingerprint density at radius 2 is 2.19 bits per heavy atom. The molecule has 130 valence electrons. The Hall–Kier alpha value is -3.55. The molecule has 0 fully saturated rings. The molecule has 2 N–H and O–H groups in total. The van der Waals surface area contributed by atoms with Crippen LogP contribution < -0.4 is 5.32 Å². The number of imidazole rings is 1. The van der Waals surface area contributed by atoms with Crippen molar-refractivity contribution in [1.82, 2.24) is 30.0 Å². The largest absolute Gasteiger partial charge is 0.354 e. The topological polar surface area (TPSA) is 88.5 Å². The molecule has 1 amide bonds. The lowest BCUT2D eigenvalue weighted by atomic mass is 10.0. The Morgan fingerprint density at radius 3 is 2.92 bits per heavy atom. The highest BCUT2D eigenvalue weighted by atomic mass is 19.1. The van der Waals surface area contributed by atoms with E-state index >= 15 is 0 Å². The molecule has 0 saturated carbocycles. The van der Waals surface area contributed by atoms with Crippen LogP contribution in [0.25, 0.3) is 33.7 Å². The first-order chi connectivity index (χ1) is 12.7. The highest BCUT2D eigenvalue weighted by Gasteiger charge is 2.13. The maximum Gasteiger partial charge on any atom is 0.207 e. The van der Waals surface area contributed by atoms with Crippen LogP contribution >= 0.6 is 0 Å². The van der Waals surface area contributed by atoms with Crippen molar-refractivity contribution in [2.24, 2.45) is 7.05 Å². The van der Waals surface area contributed by atoms with E-state index < -0.39 is 0 Å². The van der Waals surface area contributed by atoms with Gasteiger partial charge in [-0.1, -0.05) is 12.1 Å². The van der Waals surface area contributed by atoms with Gasteiger partial charge in [-0.05, 0) is 17.7 Å². The van der Waals surface area contributed by atoms with Gasteiger partial charge in [0.1, 0.15) is 17.2 Å². The van der Waals surface area contributed by atoms with Crippen LogP contribution in [0.15, 0.2) is 42.9 Å². The second-order valence-corrected chi connectivity index (χ2v) is 5.85. The summed E-state index contributed by atoms with van der Waals surface area (Å²) in [5, 5.41) is 6.61. The van der Waals surface area contributed by atoms with Crippen LogP contribution in [-0.2, 0) is 18.4 Å². The Balaban J connectivity index is 1.78. The SMILES string of the molecule is Cn1cc(-c2nc3c(-c4ccc(CNC=O)c(F)c4)ccnc3[nH]2)cn1. The van der Waals surface area contributed by atoms with Crippen molar-refractivity contribution < 1.29 is 9.18 Å². The Bertz CT molecular complexity index is 1100. The number of aromatic amines is 1. The summed E-state index contributed by atoms with van der Waals surface area (Å²) in [6.45, 7) is 0.148. The third-order valence-electron chi connectivity index (χ3n) is 4.10. The zero-order chi connectivity index (χ0) is 18.1. The van der Waals surface area contributed by atoms with Crippen LogP contribution in [0.3, 0.4) is 0 Å². The molecule has 0 saturated heterocycles. The van der Waals surface area contributed by atoms with Crippen molar-refractivity contribution in [3.63, 3.8) is 0 Å². The summed E-state index contributed by atoms with van der Waals surface area (Å²) >= 11 is 0. The summed E-state index contributed by atoms with van der Waals surface area (Å²) in [7, 11) is 1.83. The molecular formula is C18H15FN6O.